The fourth-order valence-corrected chi connectivity index (χ4v) is 6.07. The van der Waals surface area contributed by atoms with E-state index in [0.29, 0.717) is 30.1 Å². The average molecular weight is 589 g/mol. The minimum absolute atomic E-state index is 0.00295. The zero-order valence-electron chi connectivity index (χ0n) is 22.2. The Hall–Kier alpha value is -3.92. The lowest BCUT2D eigenvalue weighted by atomic mass is 9.96. The van der Waals surface area contributed by atoms with E-state index >= 15 is 0 Å². The third-order valence-corrected chi connectivity index (χ3v) is 8.30. The number of benzene rings is 3. The maximum atomic E-state index is 12.4. The number of thiazole rings is 1. The number of ether oxygens (including phenoxy) is 2. The van der Waals surface area contributed by atoms with Crippen LogP contribution < -0.4 is 16.0 Å². The molecule has 0 unspecified atom stereocenters. The molecule has 0 atom stereocenters. The van der Waals surface area contributed by atoms with Gasteiger partial charge < -0.3 is 25.4 Å². The fraction of sp³-hybridized carbons (Fsp3) is 0.258. The Morgan fingerprint density at radius 3 is 2.34 bits per heavy atom. The number of aromatic nitrogens is 1. The Kier molecular flexibility index (Phi) is 7.91. The Labute approximate surface area is 247 Å². The lowest BCUT2D eigenvalue weighted by Gasteiger charge is -2.32. The summed E-state index contributed by atoms with van der Waals surface area (Å²) in [7, 11) is 0. The molecule has 10 heteroatoms. The second-order valence-corrected chi connectivity index (χ2v) is 11.3. The third-order valence-electron chi connectivity index (χ3n) is 7.18. The molecule has 210 valence electrons. The van der Waals surface area contributed by atoms with Gasteiger partial charge in [-0.25, -0.2) is 4.98 Å². The minimum Gasteiger partial charge on any atom is -0.416 e. The van der Waals surface area contributed by atoms with Crippen molar-refractivity contribution < 1.29 is 19.1 Å². The lowest BCUT2D eigenvalue weighted by molar-refractivity contribution is -0.225. The standard InChI is InChI=1S/C31H29ClN4O4S/c32-25-11-10-24-23(14-15-33-19-31(24)39-27(37)12-13-28(38)40-31)29(25)34-16-21-6-8-22(9-7-21)26-18-41-30(36-26)35-17-20-4-2-1-3-5-20/h1-11,18,33-34H,12-17,19H2,(H,35,36). The minimum atomic E-state index is -1.51. The van der Waals surface area contributed by atoms with Crippen LogP contribution in [0, 0.1) is 0 Å². The molecule has 0 bridgehead atoms. The summed E-state index contributed by atoms with van der Waals surface area (Å²) in [4.78, 5) is 29.5. The van der Waals surface area contributed by atoms with Crippen molar-refractivity contribution in [3.8, 4) is 11.3 Å². The lowest BCUT2D eigenvalue weighted by Crippen LogP contribution is -2.43. The summed E-state index contributed by atoms with van der Waals surface area (Å²) in [5.74, 6) is -2.44. The number of rotatable bonds is 7. The summed E-state index contributed by atoms with van der Waals surface area (Å²) in [6.07, 6.45) is 0.618. The number of hydrogen-bond donors (Lipinski definition) is 3. The van der Waals surface area contributed by atoms with Crippen LogP contribution >= 0.6 is 22.9 Å². The Morgan fingerprint density at radius 1 is 0.878 bits per heavy atom. The number of carbonyl (C=O) groups is 2. The van der Waals surface area contributed by atoms with Crippen LogP contribution in [0.25, 0.3) is 11.3 Å². The van der Waals surface area contributed by atoms with Gasteiger partial charge in [0.15, 0.2) is 5.13 Å². The quantitative estimate of drug-likeness (QED) is 0.231. The molecule has 1 fully saturated rings. The summed E-state index contributed by atoms with van der Waals surface area (Å²) in [5, 5.41) is 13.6. The second kappa shape index (κ2) is 11.9. The predicted molar refractivity (Wildman–Crippen MR) is 160 cm³/mol. The molecule has 0 aliphatic carbocycles. The smallest absolute Gasteiger partial charge is 0.309 e. The normalized spacial score (nSPS) is 16.2. The van der Waals surface area contributed by atoms with Crippen LogP contribution in [0.5, 0.6) is 0 Å². The molecule has 1 saturated heterocycles. The van der Waals surface area contributed by atoms with E-state index in [1.54, 1.807) is 23.5 Å². The first-order chi connectivity index (χ1) is 20.0. The van der Waals surface area contributed by atoms with Crippen molar-refractivity contribution in [2.45, 2.75) is 38.1 Å². The summed E-state index contributed by atoms with van der Waals surface area (Å²) >= 11 is 8.24. The Morgan fingerprint density at radius 2 is 1.59 bits per heavy atom. The average Bonchev–Trinajstić information content (AvgIpc) is 3.32. The van der Waals surface area contributed by atoms with E-state index < -0.39 is 17.7 Å². The number of fused-ring (bicyclic) bond motifs is 2. The number of halogens is 1. The van der Waals surface area contributed by atoms with E-state index in [2.05, 4.69) is 57.7 Å². The first-order valence-corrected chi connectivity index (χ1v) is 14.8. The summed E-state index contributed by atoms with van der Waals surface area (Å²) < 4.78 is 11.5. The van der Waals surface area contributed by atoms with Gasteiger partial charge in [-0.1, -0.05) is 66.2 Å². The van der Waals surface area contributed by atoms with Crippen molar-refractivity contribution in [2.75, 3.05) is 23.7 Å². The Bertz CT molecular complexity index is 1540. The third kappa shape index (κ3) is 6.07. The van der Waals surface area contributed by atoms with Gasteiger partial charge in [0.25, 0.3) is 5.79 Å². The van der Waals surface area contributed by atoms with E-state index in [-0.39, 0.29) is 19.4 Å². The van der Waals surface area contributed by atoms with Crippen molar-refractivity contribution in [1.82, 2.24) is 10.3 Å². The first-order valence-electron chi connectivity index (χ1n) is 13.5. The van der Waals surface area contributed by atoms with Gasteiger partial charge in [-0.05, 0) is 41.8 Å². The number of esters is 2. The molecular weight excluding hydrogens is 560 g/mol. The molecule has 4 aromatic rings. The molecule has 3 heterocycles. The Balaban J connectivity index is 1.17. The summed E-state index contributed by atoms with van der Waals surface area (Å²) in [6, 6.07) is 22.0. The molecule has 41 heavy (non-hydrogen) atoms. The molecular formula is C31H29ClN4O4S. The predicted octanol–water partition coefficient (Wildman–Crippen LogP) is 5.87. The van der Waals surface area contributed by atoms with E-state index in [0.717, 1.165) is 39.7 Å². The highest BCUT2D eigenvalue weighted by Gasteiger charge is 2.46. The molecule has 2 aliphatic rings. The largest absolute Gasteiger partial charge is 0.416 e. The fourth-order valence-electron chi connectivity index (χ4n) is 5.11. The molecule has 0 radical (unpaired) electrons. The van der Waals surface area contributed by atoms with Gasteiger partial charge in [-0.2, -0.15) is 0 Å². The zero-order chi connectivity index (χ0) is 28.2. The second-order valence-electron chi connectivity index (χ2n) is 10.0. The molecule has 1 spiro atoms. The van der Waals surface area contributed by atoms with Gasteiger partial charge in [-0.3, -0.25) is 9.59 Å². The van der Waals surface area contributed by atoms with Crippen molar-refractivity contribution >= 4 is 45.7 Å². The van der Waals surface area contributed by atoms with Crippen LogP contribution in [-0.4, -0.2) is 30.0 Å². The number of anilines is 2. The van der Waals surface area contributed by atoms with E-state index in [4.69, 9.17) is 26.1 Å². The molecule has 3 aromatic carbocycles. The number of nitrogens with zero attached hydrogens (tertiary/aromatic N) is 1. The van der Waals surface area contributed by atoms with Crippen LogP contribution in [0.2, 0.25) is 5.02 Å². The number of hydrogen-bond acceptors (Lipinski definition) is 9. The molecule has 0 saturated carbocycles. The van der Waals surface area contributed by atoms with Gasteiger partial charge in [0, 0.05) is 29.6 Å². The maximum Gasteiger partial charge on any atom is 0.309 e. The summed E-state index contributed by atoms with van der Waals surface area (Å²) in [5.41, 5.74) is 6.46. The van der Waals surface area contributed by atoms with Crippen LogP contribution in [0.4, 0.5) is 10.8 Å². The first kappa shape index (κ1) is 27.3. The van der Waals surface area contributed by atoms with Crippen LogP contribution in [-0.2, 0) is 44.4 Å². The van der Waals surface area contributed by atoms with Gasteiger partial charge in [0.2, 0.25) is 0 Å². The number of nitrogens with one attached hydrogen (secondary N) is 3. The van der Waals surface area contributed by atoms with Crippen molar-refractivity contribution in [1.29, 1.82) is 0 Å². The maximum absolute atomic E-state index is 12.4. The van der Waals surface area contributed by atoms with Crippen LogP contribution in [0.3, 0.4) is 0 Å². The molecule has 8 nitrogen and oxygen atoms in total. The van der Waals surface area contributed by atoms with Crippen LogP contribution in [0.15, 0.2) is 72.1 Å². The molecule has 0 amide bonds. The van der Waals surface area contributed by atoms with Gasteiger partial charge in [0.1, 0.15) is 0 Å². The van der Waals surface area contributed by atoms with Gasteiger partial charge >= 0.3 is 11.9 Å². The highest BCUT2D eigenvalue weighted by molar-refractivity contribution is 7.14. The van der Waals surface area contributed by atoms with E-state index in [1.165, 1.54) is 5.56 Å². The van der Waals surface area contributed by atoms with Gasteiger partial charge in [-0.15, -0.1) is 11.3 Å². The van der Waals surface area contributed by atoms with Gasteiger partial charge in [0.05, 0.1) is 35.8 Å². The molecule has 2 aliphatic heterocycles. The summed E-state index contributed by atoms with van der Waals surface area (Å²) in [6.45, 7) is 2.05. The topological polar surface area (TPSA) is 102 Å². The number of carbonyl (C=O) groups excluding carboxylic acids is 2. The zero-order valence-corrected chi connectivity index (χ0v) is 23.8. The monoisotopic (exact) mass is 588 g/mol. The van der Waals surface area contributed by atoms with Crippen molar-refractivity contribution in [3.05, 3.63) is 99.4 Å². The van der Waals surface area contributed by atoms with E-state index in [1.807, 2.05) is 18.2 Å². The molecule has 6 rings (SSSR count). The highest BCUT2D eigenvalue weighted by Crippen LogP contribution is 2.40. The molecule has 3 N–H and O–H groups in total. The van der Waals surface area contributed by atoms with Crippen LogP contribution in [0.1, 0.15) is 35.1 Å². The van der Waals surface area contributed by atoms with Crippen molar-refractivity contribution in [2.24, 2.45) is 0 Å². The molecule has 1 aromatic heterocycles. The van der Waals surface area contributed by atoms with Crippen molar-refractivity contribution in [3.63, 3.8) is 0 Å². The highest BCUT2D eigenvalue weighted by atomic mass is 35.5. The SMILES string of the molecule is O=C1CCC(=O)OC2(CNCCc3c2ccc(Cl)c3NCc2ccc(-c3csc(NCc4ccccc4)n3)cc2)O1. The van der Waals surface area contributed by atoms with E-state index in [9.17, 15) is 9.59 Å².